The Labute approximate surface area is 78.5 Å². The van der Waals surface area contributed by atoms with Crippen molar-refractivity contribution in [1.82, 2.24) is 0 Å². The van der Waals surface area contributed by atoms with Gasteiger partial charge in [-0.15, -0.1) is 0 Å². The van der Waals surface area contributed by atoms with E-state index in [1.165, 1.54) is 6.07 Å². The molecule has 0 fully saturated rings. The Morgan fingerprint density at radius 2 is 2.00 bits per heavy atom. The lowest BCUT2D eigenvalue weighted by Crippen LogP contribution is -1.86. The summed E-state index contributed by atoms with van der Waals surface area (Å²) >= 11 is 0. The molecule has 0 unspecified atom stereocenters. The zero-order valence-electron chi connectivity index (χ0n) is 8.36. The first-order valence-corrected chi connectivity index (χ1v) is 4.69. The first kappa shape index (κ1) is 10.0. The van der Waals surface area contributed by atoms with Crippen LogP contribution in [-0.4, -0.2) is 6.61 Å². The highest BCUT2D eigenvalue weighted by Crippen LogP contribution is 2.28. The fourth-order valence-electron chi connectivity index (χ4n) is 1.45. The predicted molar refractivity (Wildman–Crippen MR) is 51.7 cm³/mol. The lowest BCUT2D eigenvalue weighted by atomic mass is 10.1. The number of hydrogen-bond donors (Lipinski definition) is 0. The van der Waals surface area contributed by atoms with Gasteiger partial charge in [0.1, 0.15) is 11.6 Å². The van der Waals surface area contributed by atoms with Crippen LogP contribution in [0.4, 0.5) is 4.39 Å². The van der Waals surface area contributed by atoms with E-state index in [9.17, 15) is 4.39 Å². The van der Waals surface area contributed by atoms with E-state index in [0.717, 1.165) is 23.3 Å². The number of aryl methyl sites for hydroxylation is 1. The normalized spacial score (nSPS) is 12.6. The lowest BCUT2D eigenvalue weighted by molar-refractivity contribution is 0.355. The van der Waals surface area contributed by atoms with Gasteiger partial charge in [0.2, 0.25) is 0 Å². The molecule has 0 aliphatic carbocycles. The maximum absolute atomic E-state index is 12.7. The molecule has 0 aromatic heterocycles. The van der Waals surface area contributed by atoms with E-state index in [2.05, 4.69) is 0 Å². The van der Waals surface area contributed by atoms with Crippen molar-refractivity contribution in [3.63, 3.8) is 0 Å². The van der Waals surface area contributed by atoms with Gasteiger partial charge in [-0.1, -0.05) is 13.8 Å². The molecule has 1 heterocycles. The average Bonchev–Trinajstić information content (AvgIpc) is 2.55. The van der Waals surface area contributed by atoms with Gasteiger partial charge in [0.15, 0.2) is 0 Å². The maximum Gasteiger partial charge on any atom is 0.127 e. The van der Waals surface area contributed by atoms with Gasteiger partial charge in [0, 0.05) is 18.1 Å². The van der Waals surface area contributed by atoms with E-state index in [0.29, 0.717) is 6.61 Å². The Morgan fingerprint density at radius 3 is 2.69 bits per heavy atom. The summed E-state index contributed by atoms with van der Waals surface area (Å²) < 4.78 is 18.0. The van der Waals surface area contributed by atoms with Gasteiger partial charge < -0.3 is 4.74 Å². The van der Waals surface area contributed by atoms with Crippen molar-refractivity contribution < 1.29 is 9.13 Å². The first-order chi connectivity index (χ1) is 6.27. The summed E-state index contributed by atoms with van der Waals surface area (Å²) in [4.78, 5) is 0. The minimum absolute atomic E-state index is 0.205. The minimum atomic E-state index is -0.205. The third-order valence-corrected chi connectivity index (χ3v) is 2.01. The summed E-state index contributed by atoms with van der Waals surface area (Å²) in [5, 5.41) is 0. The number of hydrogen-bond acceptors (Lipinski definition) is 1. The number of benzene rings is 1. The molecule has 0 saturated carbocycles. The molecule has 13 heavy (non-hydrogen) atoms. The van der Waals surface area contributed by atoms with E-state index in [-0.39, 0.29) is 5.82 Å². The molecule has 0 saturated heterocycles. The highest BCUT2D eigenvalue weighted by molar-refractivity contribution is 5.42. The third kappa shape index (κ3) is 2.00. The van der Waals surface area contributed by atoms with Crippen LogP contribution in [0.3, 0.4) is 0 Å². The molecular formula is C11H15FO. The van der Waals surface area contributed by atoms with Crippen molar-refractivity contribution in [2.45, 2.75) is 27.2 Å². The fraction of sp³-hybridized carbons (Fsp3) is 0.455. The Morgan fingerprint density at radius 1 is 1.31 bits per heavy atom. The molecule has 0 spiro atoms. The number of fused-ring (bicyclic) bond motifs is 1. The molecule has 1 aliphatic heterocycles. The summed E-state index contributed by atoms with van der Waals surface area (Å²) in [6, 6.07) is 3.00. The van der Waals surface area contributed by atoms with Gasteiger partial charge >= 0.3 is 0 Å². The molecule has 0 radical (unpaired) electrons. The van der Waals surface area contributed by atoms with E-state index in [4.69, 9.17) is 4.74 Å². The zero-order valence-corrected chi connectivity index (χ0v) is 8.36. The summed E-state index contributed by atoms with van der Waals surface area (Å²) in [6.07, 6.45) is 0.918. The Bertz CT molecular complexity index is 294. The molecular weight excluding hydrogens is 167 g/mol. The van der Waals surface area contributed by atoms with Crippen molar-refractivity contribution >= 4 is 0 Å². The van der Waals surface area contributed by atoms with Crippen LogP contribution in [0.25, 0.3) is 0 Å². The van der Waals surface area contributed by atoms with Gasteiger partial charge in [-0.25, -0.2) is 4.39 Å². The van der Waals surface area contributed by atoms with Crippen molar-refractivity contribution in [3.8, 4) is 5.75 Å². The highest BCUT2D eigenvalue weighted by Gasteiger charge is 2.14. The quantitative estimate of drug-likeness (QED) is 0.599. The molecule has 0 bridgehead atoms. The Balaban J connectivity index is 0.000000396. The van der Waals surface area contributed by atoms with Crippen LogP contribution < -0.4 is 4.74 Å². The molecule has 72 valence electrons. The molecule has 1 aromatic rings. The first-order valence-electron chi connectivity index (χ1n) is 4.69. The number of ether oxygens (including phenoxy) is 1. The SMILES string of the molecule is CC.Cc1cc(F)cc2c1CCO2. The van der Waals surface area contributed by atoms with Crippen molar-refractivity contribution in [3.05, 3.63) is 29.1 Å². The largest absolute Gasteiger partial charge is 0.493 e. The smallest absolute Gasteiger partial charge is 0.127 e. The Hall–Kier alpha value is -1.05. The molecule has 1 aromatic carbocycles. The second-order valence-corrected chi connectivity index (χ2v) is 2.80. The van der Waals surface area contributed by atoms with Crippen LogP contribution in [-0.2, 0) is 6.42 Å². The topological polar surface area (TPSA) is 9.23 Å². The summed E-state index contributed by atoms with van der Waals surface area (Å²) in [5.74, 6) is 0.519. The molecule has 1 aliphatic rings. The van der Waals surface area contributed by atoms with Crippen LogP contribution in [0, 0.1) is 12.7 Å². The Kier molecular flexibility index (Phi) is 3.29. The number of halogens is 1. The van der Waals surface area contributed by atoms with Gasteiger partial charge in [-0.3, -0.25) is 0 Å². The van der Waals surface area contributed by atoms with Gasteiger partial charge in [-0.2, -0.15) is 0 Å². The minimum Gasteiger partial charge on any atom is -0.493 e. The van der Waals surface area contributed by atoms with Crippen molar-refractivity contribution in [2.24, 2.45) is 0 Å². The van der Waals surface area contributed by atoms with Crippen LogP contribution >= 0.6 is 0 Å². The average molecular weight is 182 g/mol. The molecule has 0 amide bonds. The van der Waals surface area contributed by atoms with Crippen LogP contribution in [0.1, 0.15) is 25.0 Å². The van der Waals surface area contributed by atoms with E-state index >= 15 is 0 Å². The lowest BCUT2D eigenvalue weighted by Gasteiger charge is -2.01. The second-order valence-electron chi connectivity index (χ2n) is 2.80. The maximum atomic E-state index is 12.7. The third-order valence-electron chi connectivity index (χ3n) is 2.01. The summed E-state index contributed by atoms with van der Waals surface area (Å²) in [6.45, 7) is 6.61. The molecule has 1 nitrogen and oxygen atoms in total. The highest BCUT2D eigenvalue weighted by atomic mass is 19.1. The van der Waals surface area contributed by atoms with Crippen LogP contribution in [0.15, 0.2) is 12.1 Å². The summed E-state index contributed by atoms with van der Waals surface area (Å²) in [7, 11) is 0. The monoisotopic (exact) mass is 182 g/mol. The van der Waals surface area contributed by atoms with Gasteiger partial charge in [0.25, 0.3) is 0 Å². The van der Waals surface area contributed by atoms with E-state index in [1.807, 2.05) is 20.8 Å². The second kappa shape index (κ2) is 4.26. The van der Waals surface area contributed by atoms with Crippen LogP contribution in [0.5, 0.6) is 5.75 Å². The fourth-order valence-corrected chi connectivity index (χ4v) is 1.45. The zero-order chi connectivity index (χ0) is 9.84. The summed E-state index contributed by atoms with van der Waals surface area (Å²) in [5.41, 5.74) is 2.16. The van der Waals surface area contributed by atoms with E-state index < -0.39 is 0 Å². The predicted octanol–water partition coefficient (Wildman–Crippen LogP) is 3.10. The molecule has 0 N–H and O–H groups in total. The van der Waals surface area contributed by atoms with E-state index in [1.54, 1.807) is 6.07 Å². The molecule has 2 rings (SSSR count). The number of rotatable bonds is 0. The van der Waals surface area contributed by atoms with Gasteiger partial charge in [-0.05, 0) is 18.6 Å². The molecule has 2 heteroatoms. The van der Waals surface area contributed by atoms with Crippen molar-refractivity contribution in [2.75, 3.05) is 6.61 Å². The van der Waals surface area contributed by atoms with Gasteiger partial charge in [0.05, 0.1) is 6.61 Å². The van der Waals surface area contributed by atoms with Crippen LogP contribution in [0.2, 0.25) is 0 Å². The standard InChI is InChI=1S/C9H9FO.C2H6/c1-6-4-7(10)5-9-8(6)2-3-11-9;1-2/h4-5H,2-3H2,1H3;1-2H3. The van der Waals surface area contributed by atoms with Crippen molar-refractivity contribution in [1.29, 1.82) is 0 Å². The molecule has 0 atom stereocenters.